The predicted octanol–water partition coefficient (Wildman–Crippen LogP) is 0.679. The van der Waals surface area contributed by atoms with Crippen molar-refractivity contribution < 1.29 is 4.74 Å². The Balaban J connectivity index is 1.47. The van der Waals surface area contributed by atoms with Crippen molar-refractivity contribution in [1.29, 1.82) is 0 Å². The Bertz CT molecular complexity index is 638. The largest absolute Gasteiger partial charge is 0.379 e. The van der Waals surface area contributed by atoms with Crippen LogP contribution in [0, 0.1) is 0 Å². The molecule has 0 aliphatic carbocycles. The van der Waals surface area contributed by atoms with E-state index in [0.717, 1.165) is 63.1 Å². The highest BCUT2D eigenvalue weighted by atomic mass is 16.5. The van der Waals surface area contributed by atoms with Crippen LogP contribution in [0.5, 0.6) is 0 Å². The fourth-order valence-corrected chi connectivity index (χ4v) is 2.92. The average molecular weight is 301 g/mol. The summed E-state index contributed by atoms with van der Waals surface area (Å²) in [5.41, 5.74) is 0. The number of hydrogen-bond acceptors (Lipinski definition) is 7. The highest BCUT2D eigenvalue weighted by Crippen LogP contribution is 2.20. The second kappa shape index (κ2) is 5.88. The van der Waals surface area contributed by atoms with Crippen LogP contribution in [0.25, 0.3) is 0 Å². The van der Waals surface area contributed by atoms with E-state index in [4.69, 9.17) is 4.74 Å². The minimum absolute atomic E-state index is 0.334. The third kappa shape index (κ3) is 2.74. The lowest BCUT2D eigenvalue weighted by Crippen LogP contribution is -2.34. The Morgan fingerprint density at radius 1 is 1.27 bits per heavy atom. The van der Waals surface area contributed by atoms with Crippen LogP contribution in [0.4, 0.5) is 11.6 Å². The number of ether oxygens (including phenoxy) is 1. The van der Waals surface area contributed by atoms with Crippen LogP contribution in [0.1, 0.15) is 18.7 Å². The summed E-state index contributed by atoms with van der Waals surface area (Å²) in [6.07, 6.45) is 5.60. The van der Waals surface area contributed by atoms with E-state index in [1.165, 1.54) is 0 Å². The maximum atomic E-state index is 5.50. The van der Waals surface area contributed by atoms with E-state index in [9.17, 15) is 0 Å². The summed E-state index contributed by atoms with van der Waals surface area (Å²) in [5.74, 6) is 2.75. The molecule has 8 nitrogen and oxygen atoms in total. The normalized spacial score (nSPS) is 21.5. The molecule has 0 unspecified atom stereocenters. The zero-order valence-electron chi connectivity index (χ0n) is 12.4. The number of nitrogens with zero attached hydrogens (tertiary/aromatic N) is 6. The minimum atomic E-state index is 0.334. The van der Waals surface area contributed by atoms with Crippen LogP contribution >= 0.6 is 0 Å². The number of hydrogen-bond donors (Lipinski definition) is 1. The van der Waals surface area contributed by atoms with E-state index in [1.807, 2.05) is 6.07 Å². The third-order valence-electron chi connectivity index (χ3n) is 4.13. The zero-order chi connectivity index (χ0) is 14.8. The summed E-state index contributed by atoms with van der Waals surface area (Å²) in [5, 5.41) is 11.5. The molecule has 0 spiro atoms. The molecule has 8 heteroatoms. The van der Waals surface area contributed by atoms with Crippen molar-refractivity contribution in [2.75, 3.05) is 30.0 Å². The molecular weight excluding hydrogens is 282 g/mol. The van der Waals surface area contributed by atoms with Crippen molar-refractivity contribution in [2.24, 2.45) is 0 Å². The quantitative estimate of drug-likeness (QED) is 0.892. The highest BCUT2D eigenvalue weighted by molar-refractivity contribution is 5.49. The third-order valence-corrected chi connectivity index (χ3v) is 4.13. The van der Waals surface area contributed by atoms with E-state index < -0.39 is 0 Å². The van der Waals surface area contributed by atoms with Gasteiger partial charge in [-0.2, -0.15) is 0 Å². The molecular formula is C14H19N7O. The van der Waals surface area contributed by atoms with Crippen LogP contribution in [0.2, 0.25) is 0 Å². The van der Waals surface area contributed by atoms with Gasteiger partial charge in [0.25, 0.3) is 0 Å². The first kappa shape index (κ1) is 13.4. The van der Waals surface area contributed by atoms with Crippen molar-refractivity contribution in [3.05, 3.63) is 24.5 Å². The molecule has 1 saturated heterocycles. The van der Waals surface area contributed by atoms with E-state index in [0.29, 0.717) is 6.04 Å². The number of aromatic nitrogens is 5. The first-order chi connectivity index (χ1) is 10.9. The second-order valence-electron chi connectivity index (χ2n) is 5.68. The molecule has 4 heterocycles. The van der Waals surface area contributed by atoms with Gasteiger partial charge in [0, 0.05) is 25.8 Å². The summed E-state index contributed by atoms with van der Waals surface area (Å²) in [7, 11) is 0. The van der Waals surface area contributed by atoms with Gasteiger partial charge in [0.1, 0.15) is 24.3 Å². The Hall–Kier alpha value is -2.22. The number of nitrogens with one attached hydrogen (secondary N) is 1. The van der Waals surface area contributed by atoms with Gasteiger partial charge in [-0.05, 0) is 12.8 Å². The van der Waals surface area contributed by atoms with Gasteiger partial charge in [0.05, 0.1) is 19.2 Å². The van der Waals surface area contributed by atoms with Crippen LogP contribution in [0.15, 0.2) is 18.7 Å². The molecule has 0 amide bonds. The monoisotopic (exact) mass is 301 g/mol. The van der Waals surface area contributed by atoms with Gasteiger partial charge in [-0.1, -0.05) is 0 Å². The molecule has 1 N–H and O–H groups in total. The van der Waals surface area contributed by atoms with Crippen LogP contribution in [-0.4, -0.2) is 50.5 Å². The van der Waals surface area contributed by atoms with Crippen LogP contribution in [0.3, 0.4) is 0 Å². The van der Waals surface area contributed by atoms with E-state index >= 15 is 0 Å². The maximum Gasteiger partial charge on any atom is 0.152 e. The maximum absolute atomic E-state index is 5.50. The summed E-state index contributed by atoms with van der Waals surface area (Å²) >= 11 is 0. The highest BCUT2D eigenvalue weighted by Gasteiger charge is 2.20. The van der Waals surface area contributed by atoms with Crippen molar-refractivity contribution in [1.82, 2.24) is 24.7 Å². The topological polar surface area (TPSA) is 81.0 Å². The SMILES string of the molecule is c1nc(N[C@H]2CCCOC2)cc(N2CCn3cnnc3C2)n1. The molecule has 4 rings (SSSR count). The molecule has 0 saturated carbocycles. The smallest absolute Gasteiger partial charge is 0.152 e. The van der Waals surface area contributed by atoms with E-state index in [2.05, 4.69) is 34.9 Å². The number of fused-ring (bicyclic) bond motifs is 1. The van der Waals surface area contributed by atoms with Crippen LogP contribution < -0.4 is 10.2 Å². The Kier molecular flexibility index (Phi) is 3.59. The van der Waals surface area contributed by atoms with Gasteiger partial charge < -0.3 is 19.5 Å². The average Bonchev–Trinajstić information content (AvgIpc) is 3.04. The van der Waals surface area contributed by atoms with Gasteiger partial charge in [-0.25, -0.2) is 9.97 Å². The Morgan fingerprint density at radius 2 is 2.27 bits per heavy atom. The van der Waals surface area contributed by atoms with Crippen LogP contribution in [-0.2, 0) is 17.8 Å². The molecule has 1 fully saturated rings. The van der Waals surface area contributed by atoms with Gasteiger partial charge in [0.15, 0.2) is 5.82 Å². The molecule has 1 atom stereocenters. The van der Waals surface area contributed by atoms with Crippen molar-refractivity contribution in [3.63, 3.8) is 0 Å². The second-order valence-corrected chi connectivity index (χ2v) is 5.68. The number of anilines is 2. The standard InChI is InChI=1S/C14H19N7O/c1-2-11(8-22-5-1)18-12-6-13(16-9-15-12)20-3-4-21-10-17-19-14(21)7-20/h6,9-11H,1-5,7-8H2,(H,15,16,18)/t11-/m0/s1. The summed E-state index contributed by atoms with van der Waals surface area (Å²) in [4.78, 5) is 10.9. The Labute approximate surface area is 128 Å². The van der Waals surface area contributed by atoms with Gasteiger partial charge >= 0.3 is 0 Å². The molecule has 22 heavy (non-hydrogen) atoms. The fraction of sp³-hybridized carbons (Fsp3) is 0.571. The van der Waals surface area contributed by atoms with Crippen molar-refractivity contribution in [2.45, 2.75) is 32.0 Å². The van der Waals surface area contributed by atoms with E-state index in [-0.39, 0.29) is 0 Å². The first-order valence-electron chi connectivity index (χ1n) is 7.66. The summed E-state index contributed by atoms with van der Waals surface area (Å²) in [6.45, 7) is 4.11. The lowest BCUT2D eigenvalue weighted by atomic mass is 10.1. The number of rotatable bonds is 3. The molecule has 0 aromatic carbocycles. The van der Waals surface area contributed by atoms with E-state index in [1.54, 1.807) is 12.7 Å². The molecule has 2 aromatic rings. The minimum Gasteiger partial charge on any atom is -0.379 e. The first-order valence-corrected chi connectivity index (χ1v) is 7.66. The molecule has 2 aliphatic rings. The molecule has 2 aliphatic heterocycles. The lowest BCUT2D eigenvalue weighted by Gasteiger charge is -2.28. The predicted molar refractivity (Wildman–Crippen MR) is 80.6 cm³/mol. The van der Waals surface area contributed by atoms with Crippen molar-refractivity contribution >= 4 is 11.6 Å². The molecule has 0 radical (unpaired) electrons. The molecule has 2 aromatic heterocycles. The van der Waals surface area contributed by atoms with Gasteiger partial charge in [-0.3, -0.25) is 0 Å². The lowest BCUT2D eigenvalue weighted by molar-refractivity contribution is 0.0875. The molecule has 0 bridgehead atoms. The van der Waals surface area contributed by atoms with Gasteiger partial charge in [0.2, 0.25) is 0 Å². The van der Waals surface area contributed by atoms with Gasteiger partial charge in [-0.15, -0.1) is 10.2 Å². The molecule has 116 valence electrons. The van der Waals surface area contributed by atoms with Crippen molar-refractivity contribution in [3.8, 4) is 0 Å². The fourth-order valence-electron chi connectivity index (χ4n) is 2.92. The summed E-state index contributed by atoms with van der Waals surface area (Å²) in [6, 6.07) is 2.33. The Morgan fingerprint density at radius 3 is 3.18 bits per heavy atom. The summed E-state index contributed by atoms with van der Waals surface area (Å²) < 4.78 is 7.58. The zero-order valence-corrected chi connectivity index (χ0v) is 12.4.